The average molecular weight is 233 g/mol. The van der Waals surface area contributed by atoms with E-state index in [1.807, 2.05) is 6.92 Å². The molecule has 76 valence electrons. The number of pyridine rings is 1. The quantitative estimate of drug-likeness (QED) is 0.637. The summed E-state index contributed by atoms with van der Waals surface area (Å²) in [6.45, 7) is 1.96. The lowest BCUT2D eigenvalue weighted by Crippen LogP contribution is -2.13. The van der Waals surface area contributed by atoms with Crippen LogP contribution in [0.1, 0.15) is 17.4 Å². The maximum atomic E-state index is 11.2. The van der Waals surface area contributed by atoms with Crippen molar-refractivity contribution in [3.05, 3.63) is 23.0 Å². The lowest BCUT2D eigenvalue weighted by molar-refractivity contribution is 0.0492. The number of hydrogen-bond donors (Lipinski definition) is 1. The van der Waals surface area contributed by atoms with Gasteiger partial charge in [-0.1, -0.05) is 18.5 Å². The van der Waals surface area contributed by atoms with Gasteiger partial charge in [0.1, 0.15) is 0 Å². The summed E-state index contributed by atoms with van der Waals surface area (Å²) >= 11 is 7.20. The fourth-order valence-electron chi connectivity index (χ4n) is 0.895. The summed E-state index contributed by atoms with van der Waals surface area (Å²) in [5.74, 6) is 4.93. The first-order valence-electron chi connectivity index (χ1n) is 3.88. The number of aromatic nitrogens is 1. The molecule has 0 spiro atoms. The minimum Gasteiger partial charge on any atom is -0.368 e. The number of hydrogen-bond acceptors (Lipinski definition) is 5. The minimum atomic E-state index is -0.655. The van der Waals surface area contributed by atoms with E-state index in [1.54, 1.807) is 6.07 Å². The Morgan fingerprint density at radius 1 is 1.79 bits per heavy atom. The molecule has 0 atom stereocenters. The summed E-state index contributed by atoms with van der Waals surface area (Å²) in [6.07, 6.45) is 1.38. The third-order valence-corrected chi connectivity index (χ3v) is 2.54. The molecule has 0 aliphatic rings. The molecule has 0 radical (unpaired) electrons. The van der Waals surface area contributed by atoms with Gasteiger partial charge in [0.15, 0.2) is 5.69 Å². The summed E-state index contributed by atoms with van der Waals surface area (Å²) in [5.41, 5.74) is 0.198. The second-order valence-electron chi connectivity index (χ2n) is 2.34. The molecule has 1 aromatic rings. The van der Waals surface area contributed by atoms with Crippen LogP contribution >= 0.6 is 23.4 Å². The van der Waals surface area contributed by atoms with E-state index in [1.165, 1.54) is 18.0 Å². The van der Waals surface area contributed by atoms with E-state index in [9.17, 15) is 4.79 Å². The van der Waals surface area contributed by atoms with Crippen LogP contribution in [0.5, 0.6) is 0 Å². The topological polar surface area (TPSA) is 65.2 Å². The summed E-state index contributed by atoms with van der Waals surface area (Å²) < 4.78 is 0. The van der Waals surface area contributed by atoms with Crippen LogP contribution in [-0.2, 0) is 4.84 Å². The Hall–Kier alpha value is -0.780. The van der Waals surface area contributed by atoms with Crippen LogP contribution in [0, 0.1) is 0 Å². The molecule has 4 nitrogen and oxygen atoms in total. The summed E-state index contributed by atoms with van der Waals surface area (Å²) in [6, 6.07) is 1.66. The molecule has 0 saturated heterocycles. The van der Waals surface area contributed by atoms with E-state index < -0.39 is 5.97 Å². The van der Waals surface area contributed by atoms with Crippen molar-refractivity contribution in [2.45, 2.75) is 11.8 Å². The van der Waals surface area contributed by atoms with Crippen LogP contribution in [0.15, 0.2) is 17.2 Å². The van der Waals surface area contributed by atoms with E-state index in [0.717, 1.165) is 5.75 Å². The van der Waals surface area contributed by atoms with Gasteiger partial charge in [0, 0.05) is 11.1 Å². The molecule has 14 heavy (non-hydrogen) atoms. The molecule has 1 aromatic heterocycles. The standard InChI is InChI=1S/C8H9ClN2O2S/c1-2-14-6-3-5(9)4-11-7(6)8(12)13-10/h3-4H,2,10H2,1H3. The second-order valence-corrected chi connectivity index (χ2v) is 4.08. The highest BCUT2D eigenvalue weighted by Gasteiger charge is 2.14. The lowest BCUT2D eigenvalue weighted by Gasteiger charge is -2.04. The number of nitrogens with zero attached hydrogens (tertiary/aromatic N) is 1. The Morgan fingerprint density at radius 3 is 3.07 bits per heavy atom. The van der Waals surface area contributed by atoms with Gasteiger partial charge < -0.3 is 4.84 Å². The Labute approximate surface area is 90.7 Å². The van der Waals surface area contributed by atoms with Gasteiger partial charge in [-0.25, -0.2) is 9.78 Å². The lowest BCUT2D eigenvalue weighted by atomic mass is 10.3. The van der Waals surface area contributed by atoms with E-state index in [0.29, 0.717) is 9.92 Å². The molecule has 0 fully saturated rings. The Morgan fingerprint density at radius 2 is 2.50 bits per heavy atom. The van der Waals surface area contributed by atoms with Crippen molar-refractivity contribution in [2.24, 2.45) is 5.90 Å². The van der Waals surface area contributed by atoms with Gasteiger partial charge in [-0.3, -0.25) is 0 Å². The highest BCUT2D eigenvalue weighted by atomic mass is 35.5. The minimum absolute atomic E-state index is 0.198. The van der Waals surface area contributed by atoms with Gasteiger partial charge in [0.05, 0.1) is 5.02 Å². The van der Waals surface area contributed by atoms with Gasteiger partial charge in [-0.05, 0) is 11.8 Å². The summed E-state index contributed by atoms with van der Waals surface area (Å²) in [7, 11) is 0. The zero-order chi connectivity index (χ0) is 10.6. The van der Waals surface area contributed by atoms with Crippen LogP contribution < -0.4 is 5.90 Å². The maximum Gasteiger partial charge on any atom is 0.376 e. The molecule has 0 unspecified atom stereocenters. The molecular formula is C8H9ClN2O2S. The molecule has 1 heterocycles. The maximum absolute atomic E-state index is 11.2. The fraction of sp³-hybridized carbons (Fsp3) is 0.250. The predicted molar refractivity (Wildman–Crippen MR) is 55.2 cm³/mol. The van der Waals surface area contributed by atoms with Crippen molar-refractivity contribution < 1.29 is 9.63 Å². The Kier molecular flexibility index (Phi) is 4.19. The van der Waals surface area contributed by atoms with Gasteiger partial charge >= 0.3 is 5.97 Å². The van der Waals surface area contributed by atoms with Crippen molar-refractivity contribution in [1.29, 1.82) is 0 Å². The van der Waals surface area contributed by atoms with Crippen LogP contribution in [-0.4, -0.2) is 16.7 Å². The Balaban J connectivity index is 3.07. The molecule has 0 aliphatic carbocycles. The first-order valence-corrected chi connectivity index (χ1v) is 5.24. The summed E-state index contributed by atoms with van der Waals surface area (Å²) in [5, 5.41) is 0.481. The first kappa shape index (κ1) is 11.3. The van der Waals surface area contributed by atoms with Gasteiger partial charge in [-0.2, -0.15) is 5.90 Å². The molecule has 0 aliphatic heterocycles. The zero-order valence-corrected chi connectivity index (χ0v) is 9.06. The number of carbonyl (C=O) groups excluding carboxylic acids is 1. The normalized spacial score (nSPS) is 9.93. The van der Waals surface area contributed by atoms with Crippen molar-refractivity contribution in [3.8, 4) is 0 Å². The monoisotopic (exact) mass is 232 g/mol. The van der Waals surface area contributed by atoms with Crippen molar-refractivity contribution >= 4 is 29.3 Å². The molecule has 1 rings (SSSR count). The third kappa shape index (κ3) is 2.60. The molecule has 6 heteroatoms. The SMILES string of the molecule is CCSc1cc(Cl)cnc1C(=O)ON. The van der Waals surface area contributed by atoms with E-state index >= 15 is 0 Å². The molecule has 2 N–H and O–H groups in total. The molecule has 0 bridgehead atoms. The number of halogens is 1. The summed E-state index contributed by atoms with van der Waals surface area (Å²) in [4.78, 5) is 19.8. The van der Waals surface area contributed by atoms with Crippen molar-refractivity contribution in [2.75, 3.05) is 5.75 Å². The second kappa shape index (κ2) is 5.19. The highest BCUT2D eigenvalue weighted by Crippen LogP contribution is 2.24. The smallest absolute Gasteiger partial charge is 0.368 e. The fourth-order valence-corrected chi connectivity index (χ4v) is 1.91. The van der Waals surface area contributed by atoms with Crippen molar-refractivity contribution in [3.63, 3.8) is 0 Å². The van der Waals surface area contributed by atoms with E-state index in [4.69, 9.17) is 17.5 Å². The molecule has 0 aromatic carbocycles. The number of nitrogens with two attached hydrogens (primary N) is 1. The number of rotatable bonds is 3. The highest BCUT2D eigenvalue weighted by molar-refractivity contribution is 7.99. The van der Waals surface area contributed by atoms with E-state index in [2.05, 4.69) is 9.82 Å². The van der Waals surface area contributed by atoms with Gasteiger partial charge in [-0.15, -0.1) is 11.8 Å². The molecular weight excluding hydrogens is 224 g/mol. The van der Waals surface area contributed by atoms with Crippen LogP contribution in [0.25, 0.3) is 0 Å². The largest absolute Gasteiger partial charge is 0.376 e. The number of carbonyl (C=O) groups is 1. The van der Waals surface area contributed by atoms with Crippen molar-refractivity contribution in [1.82, 2.24) is 4.98 Å². The van der Waals surface area contributed by atoms with Gasteiger partial charge in [0.25, 0.3) is 0 Å². The molecule has 0 saturated carbocycles. The predicted octanol–water partition coefficient (Wildman–Crippen LogP) is 1.88. The van der Waals surface area contributed by atoms with Crippen LogP contribution in [0.4, 0.5) is 0 Å². The average Bonchev–Trinajstić information content (AvgIpc) is 2.17. The third-order valence-electron chi connectivity index (χ3n) is 1.42. The Bertz CT molecular complexity index is 346. The van der Waals surface area contributed by atoms with Crippen LogP contribution in [0.2, 0.25) is 5.02 Å². The van der Waals surface area contributed by atoms with Crippen LogP contribution in [0.3, 0.4) is 0 Å². The number of thioether (sulfide) groups is 1. The first-order chi connectivity index (χ1) is 6.69. The van der Waals surface area contributed by atoms with Gasteiger partial charge in [0.2, 0.25) is 0 Å². The zero-order valence-electron chi connectivity index (χ0n) is 7.49. The van der Waals surface area contributed by atoms with E-state index in [-0.39, 0.29) is 5.69 Å². The molecule has 0 amide bonds.